The van der Waals surface area contributed by atoms with Gasteiger partial charge in [0.1, 0.15) is 5.82 Å². The van der Waals surface area contributed by atoms with Crippen molar-refractivity contribution >= 4 is 39.0 Å². The zero-order chi connectivity index (χ0) is 25.4. The number of benzene rings is 2. The lowest BCUT2D eigenvalue weighted by molar-refractivity contribution is 0.0690. The minimum atomic E-state index is -3.65. The van der Waals surface area contributed by atoms with Crippen LogP contribution in [0.15, 0.2) is 53.4 Å². The Bertz CT molecular complexity index is 1390. The number of piperazine rings is 1. The molecule has 1 saturated carbocycles. The molecule has 1 aliphatic heterocycles. The lowest BCUT2D eigenvalue weighted by atomic mass is 10.1. The fourth-order valence-electron chi connectivity index (χ4n) is 4.27. The van der Waals surface area contributed by atoms with Crippen molar-refractivity contribution in [3.05, 3.63) is 65.1 Å². The summed E-state index contributed by atoms with van der Waals surface area (Å²) in [5.41, 5.74) is 0.147. The lowest BCUT2D eigenvalue weighted by Gasteiger charge is -2.34. The van der Waals surface area contributed by atoms with E-state index >= 15 is 0 Å². The largest absolute Gasteiger partial charge is 0.476 e. The van der Waals surface area contributed by atoms with Crippen LogP contribution in [0.5, 0.6) is 0 Å². The molecule has 0 amide bonds. The molecule has 0 bridgehead atoms. The summed E-state index contributed by atoms with van der Waals surface area (Å²) in [7, 11) is -3.65. The van der Waals surface area contributed by atoms with E-state index in [0.29, 0.717) is 24.8 Å². The van der Waals surface area contributed by atoms with Crippen LogP contribution in [-0.2, 0) is 10.0 Å². The van der Waals surface area contributed by atoms with Gasteiger partial charge in [-0.05, 0) is 55.3 Å². The normalized spacial score (nSPS) is 17.2. The Morgan fingerprint density at radius 3 is 2.36 bits per heavy atom. The van der Waals surface area contributed by atoms with Crippen molar-refractivity contribution in [1.29, 1.82) is 0 Å². The number of aromatic nitrogens is 2. The molecule has 9 nitrogen and oxygen atoms in total. The number of sulfonamides is 1. The molecule has 188 valence electrons. The summed E-state index contributed by atoms with van der Waals surface area (Å²) in [5.74, 6) is -1.96. The fourth-order valence-corrected chi connectivity index (χ4v) is 5.96. The maximum Gasteiger partial charge on any atom is 0.358 e. The molecule has 2 fully saturated rings. The molecule has 12 heteroatoms. The smallest absolute Gasteiger partial charge is 0.358 e. The van der Waals surface area contributed by atoms with E-state index in [4.69, 9.17) is 11.6 Å². The molecule has 3 aromatic rings. The van der Waals surface area contributed by atoms with Gasteiger partial charge in [0.25, 0.3) is 0 Å². The Balaban J connectivity index is 1.37. The molecular weight excluding hydrogens is 509 g/mol. The van der Waals surface area contributed by atoms with Crippen molar-refractivity contribution in [3.8, 4) is 11.3 Å². The SMILES string of the molecule is O=C(O)c1nnc(-c2c(F)cccc2Cl)cc1Nc1ccc(S(=O)(=O)N2CCN(C3CC3)CC2)cc1. The van der Waals surface area contributed by atoms with Crippen LogP contribution >= 0.6 is 11.6 Å². The monoisotopic (exact) mass is 531 g/mol. The molecule has 0 unspecified atom stereocenters. The second-order valence-corrected chi connectivity index (χ2v) is 11.1. The molecule has 2 aliphatic rings. The number of aromatic carboxylic acids is 1. The van der Waals surface area contributed by atoms with Gasteiger partial charge in [-0.25, -0.2) is 17.6 Å². The molecule has 2 aromatic carbocycles. The molecule has 2 heterocycles. The highest BCUT2D eigenvalue weighted by atomic mass is 35.5. The molecule has 36 heavy (non-hydrogen) atoms. The van der Waals surface area contributed by atoms with Gasteiger partial charge < -0.3 is 10.4 Å². The number of anilines is 2. The average molecular weight is 532 g/mol. The minimum Gasteiger partial charge on any atom is -0.476 e. The molecule has 0 atom stereocenters. The number of nitrogens with zero attached hydrogens (tertiary/aromatic N) is 4. The Labute approximate surface area is 212 Å². The molecule has 2 N–H and O–H groups in total. The van der Waals surface area contributed by atoms with Gasteiger partial charge >= 0.3 is 5.97 Å². The third-order valence-electron chi connectivity index (χ3n) is 6.32. The van der Waals surface area contributed by atoms with E-state index in [1.54, 1.807) is 0 Å². The zero-order valence-electron chi connectivity index (χ0n) is 19.1. The van der Waals surface area contributed by atoms with Gasteiger partial charge in [0.05, 0.1) is 26.9 Å². The van der Waals surface area contributed by atoms with E-state index in [9.17, 15) is 22.7 Å². The molecule has 0 radical (unpaired) electrons. The van der Waals surface area contributed by atoms with E-state index in [-0.39, 0.29) is 32.6 Å². The highest BCUT2D eigenvalue weighted by Crippen LogP contribution is 2.32. The standard InChI is InChI=1S/C24H23ClFN5O4S/c25-18-2-1-3-19(26)22(18)20-14-21(23(24(32)33)29-28-20)27-15-4-8-17(9-5-15)36(34,35)31-12-10-30(11-13-31)16-6-7-16/h1-5,8-9,14,16H,6-7,10-13H2,(H,27,28)(H,32,33). The van der Waals surface area contributed by atoms with Gasteiger partial charge in [0.15, 0.2) is 5.69 Å². The molecule has 1 aromatic heterocycles. The fraction of sp³-hybridized carbons (Fsp3) is 0.292. The molecule has 1 aliphatic carbocycles. The summed E-state index contributed by atoms with van der Waals surface area (Å²) in [6.07, 6.45) is 2.37. The van der Waals surface area contributed by atoms with Crippen molar-refractivity contribution in [1.82, 2.24) is 19.4 Å². The van der Waals surface area contributed by atoms with Crippen molar-refractivity contribution < 1.29 is 22.7 Å². The van der Waals surface area contributed by atoms with Crippen molar-refractivity contribution in [3.63, 3.8) is 0 Å². The van der Waals surface area contributed by atoms with Gasteiger partial charge in [0.2, 0.25) is 10.0 Å². The third-order valence-corrected chi connectivity index (χ3v) is 8.55. The van der Waals surface area contributed by atoms with Crippen LogP contribution in [0, 0.1) is 5.82 Å². The zero-order valence-corrected chi connectivity index (χ0v) is 20.6. The maximum absolute atomic E-state index is 14.4. The van der Waals surface area contributed by atoms with E-state index in [2.05, 4.69) is 20.4 Å². The van der Waals surface area contributed by atoms with Crippen molar-refractivity contribution in [2.75, 3.05) is 31.5 Å². The summed E-state index contributed by atoms with van der Waals surface area (Å²) in [6, 6.07) is 12.1. The quantitative estimate of drug-likeness (QED) is 0.472. The topological polar surface area (TPSA) is 116 Å². The maximum atomic E-state index is 14.4. The predicted molar refractivity (Wildman–Crippen MR) is 132 cm³/mol. The summed E-state index contributed by atoms with van der Waals surface area (Å²) in [6.45, 7) is 2.35. The van der Waals surface area contributed by atoms with Crippen LogP contribution in [0.25, 0.3) is 11.3 Å². The van der Waals surface area contributed by atoms with Crippen LogP contribution in [0.2, 0.25) is 5.02 Å². The van der Waals surface area contributed by atoms with Gasteiger partial charge in [-0.3, -0.25) is 4.90 Å². The number of rotatable bonds is 7. The Morgan fingerprint density at radius 1 is 1.06 bits per heavy atom. The van der Waals surface area contributed by atoms with Crippen LogP contribution in [0.3, 0.4) is 0 Å². The minimum absolute atomic E-state index is 0.00474. The van der Waals surface area contributed by atoms with Crippen LogP contribution in [0.4, 0.5) is 15.8 Å². The highest BCUT2D eigenvalue weighted by molar-refractivity contribution is 7.89. The third kappa shape index (κ3) is 4.92. The second-order valence-electron chi connectivity index (χ2n) is 8.71. The second kappa shape index (κ2) is 9.74. The summed E-state index contributed by atoms with van der Waals surface area (Å²) < 4.78 is 42.1. The first-order chi connectivity index (χ1) is 17.2. The van der Waals surface area contributed by atoms with E-state index in [1.165, 1.54) is 65.7 Å². The van der Waals surface area contributed by atoms with Crippen molar-refractivity contribution in [2.45, 2.75) is 23.8 Å². The Hall–Kier alpha value is -3.12. The number of halogens is 2. The van der Waals surface area contributed by atoms with Crippen molar-refractivity contribution in [2.24, 2.45) is 0 Å². The highest BCUT2D eigenvalue weighted by Gasteiger charge is 2.34. The van der Waals surface area contributed by atoms with E-state index in [1.807, 2.05) is 0 Å². The van der Waals surface area contributed by atoms with Gasteiger partial charge in [-0.1, -0.05) is 17.7 Å². The summed E-state index contributed by atoms with van der Waals surface area (Å²) >= 11 is 6.12. The first-order valence-electron chi connectivity index (χ1n) is 11.4. The number of carbonyl (C=O) groups is 1. The van der Waals surface area contributed by atoms with Crippen LogP contribution < -0.4 is 5.32 Å². The molecule has 5 rings (SSSR count). The summed E-state index contributed by atoms with van der Waals surface area (Å²) in [5, 5.41) is 20.1. The van der Waals surface area contributed by atoms with E-state index < -0.39 is 21.8 Å². The Kier molecular flexibility index (Phi) is 6.64. The first kappa shape index (κ1) is 24.6. The van der Waals surface area contributed by atoms with Gasteiger partial charge in [0, 0.05) is 37.9 Å². The number of carboxylic acids is 1. The van der Waals surface area contributed by atoms with Gasteiger partial charge in [-0.15, -0.1) is 10.2 Å². The number of carboxylic acid groups (broad SMARTS) is 1. The number of hydrogen-bond donors (Lipinski definition) is 2. The number of nitrogens with one attached hydrogen (secondary N) is 1. The molecule has 0 spiro atoms. The van der Waals surface area contributed by atoms with Crippen LogP contribution in [0.1, 0.15) is 23.3 Å². The average Bonchev–Trinajstić information content (AvgIpc) is 3.70. The Morgan fingerprint density at radius 2 is 1.75 bits per heavy atom. The number of hydrogen-bond acceptors (Lipinski definition) is 7. The molecule has 1 saturated heterocycles. The van der Waals surface area contributed by atoms with Gasteiger partial charge in [-0.2, -0.15) is 4.31 Å². The summed E-state index contributed by atoms with van der Waals surface area (Å²) in [4.78, 5) is 14.2. The first-order valence-corrected chi connectivity index (χ1v) is 13.2. The lowest BCUT2D eigenvalue weighted by Crippen LogP contribution is -2.49. The van der Waals surface area contributed by atoms with Crippen LogP contribution in [-0.4, -0.2) is 71.1 Å². The molecular formula is C24H23ClFN5O4S. The predicted octanol–water partition coefficient (Wildman–Crippen LogP) is 3.85. The van der Waals surface area contributed by atoms with E-state index in [0.717, 1.165) is 13.1 Å².